The Kier molecular flexibility index (Phi) is 4.56. The third kappa shape index (κ3) is 3.78. The Morgan fingerprint density at radius 2 is 2.11 bits per heavy atom. The van der Waals surface area contributed by atoms with E-state index in [-0.39, 0.29) is 17.5 Å². The molecule has 2 rings (SSSR count). The topological polar surface area (TPSA) is 75.6 Å². The van der Waals surface area contributed by atoms with E-state index in [4.69, 9.17) is 9.84 Å². The van der Waals surface area contributed by atoms with Gasteiger partial charge in [-0.2, -0.15) is 0 Å². The molecule has 1 aliphatic rings. The molecular weight excluding hydrogens is 266 g/mol. The second-order valence-corrected chi connectivity index (χ2v) is 5.88. The number of ether oxygens (including phenoxy) is 1. The average molecular weight is 281 g/mol. The number of nitrogens with one attached hydrogen (secondary N) is 1. The number of aliphatic hydroxyl groups is 1. The Morgan fingerprint density at radius 1 is 1.37 bits per heavy atom. The molecule has 1 unspecified atom stereocenters. The van der Waals surface area contributed by atoms with Crippen molar-refractivity contribution in [2.75, 3.05) is 19.8 Å². The van der Waals surface area contributed by atoms with Crippen LogP contribution in [-0.2, 0) is 14.8 Å². The molecule has 1 aromatic rings. The number of sulfonamides is 1. The van der Waals surface area contributed by atoms with Crippen LogP contribution in [0.1, 0.15) is 12.0 Å². The highest BCUT2D eigenvalue weighted by atomic mass is 32.2. The molecule has 0 aromatic heterocycles. The van der Waals surface area contributed by atoms with Crippen LogP contribution in [0.15, 0.2) is 29.2 Å². The van der Waals surface area contributed by atoms with Crippen LogP contribution in [0.3, 0.4) is 0 Å². The van der Waals surface area contributed by atoms with E-state index in [1.165, 1.54) is 12.1 Å². The Bertz CT molecular complexity index is 577. The standard InChI is InChI=1S/C13H15NO4S/c15-8-1-2-11-3-5-13(6-4-11)19(16,17)14-12-7-9-18-10-12/h3-6,12,14-15H,7-10H2. The van der Waals surface area contributed by atoms with Crippen molar-refractivity contribution in [1.29, 1.82) is 0 Å². The first-order chi connectivity index (χ1) is 9.12. The summed E-state index contributed by atoms with van der Waals surface area (Å²) >= 11 is 0. The normalized spacial score (nSPS) is 18.9. The molecule has 1 saturated heterocycles. The van der Waals surface area contributed by atoms with Gasteiger partial charge in [-0.25, -0.2) is 13.1 Å². The number of hydrogen-bond donors (Lipinski definition) is 2. The van der Waals surface area contributed by atoms with Gasteiger partial charge in [0.05, 0.1) is 11.5 Å². The minimum atomic E-state index is -3.51. The van der Waals surface area contributed by atoms with Crippen LogP contribution in [-0.4, -0.2) is 39.4 Å². The Morgan fingerprint density at radius 3 is 2.68 bits per heavy atom. The van der Waals surface area contributed by atoms with Gasteiger partial charge in [0, 0.05) is 18.2 Å². The molecule has 0 radical (unpaired) electrons. The van der Waals surface area contributed by atoms with E-state index < -0.39 is 10.0 Å². The molecule has 0 amide bonds. The number of aliphatic hydroxyl groups excluding tert-OH is 1. The van der Waals surface area contributed by atoms with E-state index in [0.717, 1.165) is 0 Å². The SMILES string of the molecule is O=S(=O)(NC1CCOC1)c1ccc(C#CCO)cc1. The third-order valence-electron chi connectivity index (χ3n) is 2.73. The zero-order chi connectivity index (χ0) is 13.7. The van der Waals surface area contributed by atoms with Gasteiger partial charge in [0.25, 0.3) is 0 Å². The molecule has 1 aliphatic heterocycles. The maximum atomic E-state index is 12.1. The van der Waals surface area contributed by atoms with E-state index in [0.29, 0.717) is 25.2 Å². The fraction of sp³-hybridized carbons (Fsp3) is 0.385. The van der Waals surface area contributed by atoms with Crippen molar-refractivity contribution < 1.29 is 18.3 Å². The summed E-state index contributed by atoms with van der Waals surface area (Å²) < 4.78 is 31.9. The van der Waals surface area contributed by atoms with Crippen molar-refractivity contribution in [2.24, 2.45) is 0 Å². The van der Waals surface area contributed by atoms with Gasteiger partial charge in [0.1, 0.15) is 6.61 Å². The van der Waals surface area contributed by atoms with E-state index in [2.05, 4.69) is 16.6 Å². The van der Waals surface area contributed by atoms with Crippen molar-refractivity contribution in [1.82, 2.24) is 4.72 Å². The average Bonchev–Trinajstić information content (AvgIpc) is 2.89. The van der Waals surface area contributed by atoms with Crippen LogP contribution in [0, 0.1) is 11.8 Å². The molecule has 1 aromatic carbocycles. The van der Waals surface area contributed by atoms with Crippen molar-refractivity contribution in [3.63, 3.8) is 0 Å². The van der Waals surface area contributed by atoms with Gasteiger partial charge in [-0.05, 0) is 30.7 Å². The van der Waals surface area contributed by atoms with E-state index in [1.54, 1.807) is 12.1 Å². The zero-order valence-corrected chi connectivity index (χ0v) is 11.1. The number of hydrogen-bond acceptors (Lipinski definition) is 4. The van der Waals surface area contributed by atoms with E-state index >= 15 is 0 Å². The van der Waals surface area contributed by atoms with Crippen LogP contribution in [0.25, 0.3) is 0 Å². The van der Waals surface area contributed by atoms with Crippen molar-refractivity contribution in [2.45, 2.75) is 17.4 Å². The molecule has 0 spiro atoms. The molecule has 1 heterocycles. The molecule has 1 fully saturated rings. The minimum Gasteiger partial charge on any atom is -0.384 e. The Hall–Kier alpha value is -1.39. The lowest BCUT2D eigenvalue weighted by Crippen LogP contribution is -2.34. The van der Waals surface area contributed by atoms with Gasteiger partial charge in [0.2, 0.25) is 10.0 Å². The maximum absolute atomic E-state index is 12.1. The summed E-state index contributed by atoms with van der Waals surface area (Å²) in [6, 6.07) is 6.07. The van der Waals surface area contributed by atoms with Gasteiger partial charge >= 0.3 is 0 Å². The molecule has 1 atom stereocenters. The highest BCUT2D eigenvalue weighted by Crippen LogP contribution is 2.13. The van der Waals surface area contributed by atoms with Gasteiger partial charge in [-0.1, -0.05) is 11.8 Å². The Labute approximate surface area is 112 Å². The lowest BCUT2D eigenvalue weighted by molar-refractivity contribution is 0.192. The molecule has 19 heavy (non-hydrogen) atoms. The van der Waals surface area contributed by atoms with Crippen LogP contribution < -0.4 is 4.72 Å². The highest BCUT2D eigenvalue weighted by Gasteiger charge is 2.23. The first kappa shape index (κ1) is 14.0. The summed E-state index contributed by atoms with van der Waals surface area (Å²) in [4.78, 5) is 0.203. The first-order valence-corrected chi connectivity index (χ1v) is 7.40. The predicted octanol–water partition coefficient (Wildman–Crippen LogP) is 0.0976. The lowest BCUT2D eigenvalue weighted by atomic mass is 10.2. The highest BCUT2D eigenvalue weighted by molar-refractivity contribution is 7.89. The summed E-state index contributed by atoms with van der Waals surface area (Å²) in [5, 5.41) is 8.58. The molecule has 0 bridgehead atoms. The first-order valence-electron chi connectivity index (χ1n) is 5.92. The molecule has 0 aliphatic carbocycles. The van der Waals surface area contributed by atoms with Gasteiger partial charge < -0.3 is 9.84 Å². The van der Waals surface area contributed by atoms with Crippen molar-refractivity contribution in [3.8, 4) is 11.8 Å². The molecule has 6 heteroatoms. The fourth-order valence-corrected chi connectivity index (χ4v) is 3.03. The molecule has 2 N–H and O–H groups in total. The predicted molar refractivity (Wildman–Crippen MR) is 70.0 cm³/mol. The number of benzene rings is 1. The largest absolute Gasteiger partial charge is 0.384 e. The van der Waals surface area contributed by atoms with Crippen LogP contribution >= 0.6 is 0 Å². The second kappa shape index (κ2) is 6.17. The van der Waals surface area contributed by atoms with Gasteiger partial charge in [0.15, 0.2) is 0 Å². The van der Waals surface area contributed by atoms with Crippen molar-refractivity contribution in [3.05, 3.63) is 29.8 Å². The maximum Gasteiger partial charge on any atom is 0.240 e. The summed E-state index contributed by atoms with van der Waals surface area (Å²) in [7, 11) is -3.51. The third-order valence-corrected chi connectivity index (χ3v) is 4.26. The van der Waals surface area contributed by atoms with E-state index in [1.807, 2.05) is 0 Å². The smallest absolute Gasteiger partial charge is 0.240 e. The Balaban J connectivity index is 2.11. The summed E-state index contributed by atoms with van der Waals surface area (Å²) in [6.45, 7) is 0.783. The van der Waals surface area contributed by atoms with Crippen LogP contribution in [0.5, 0.6) is 0 Å². The van der Waals surface area contributed by atoms with Crippen molar-refractivity contribution >= 4 is 10.0 Å². The molecule has 0 saturated carbocycles. The zero-order valence-electron chi connectivity index (χ0n) is 10.3. The van der Waals surface area contributed by atoms with Crippen LogP contribution in [0.4, 0.5) is 0 Å². The van der Waals surface area contributed by atoms with E-state index in [9.17, 15) is 8.42 Å². The second-order valence-electron chi connectivity index (χ2n) is 4.17. The fourth-order valence-electron chi connectivity index (χ4n) is 1.77. The monoisotopic (exact) mass is 281 g/mol. The molecule has 5 nitrogen and oxygen atoms in total. The molecular formula is C13H15NO4S. The minimum absolute atomic E-state index is 0.154. The lowest BCUT2D eigenvalue weighted by Gasteiger charge is -2.11. The quantitative estimate of drug-likeness (QED) is 0.770. The van der Waals surface area contributed by atoms with Gasteiger partial charge in [-0.15, -0.1) is 0 Å². The summed E-state index contributed by atoms with van der Waals surface area (Å²) in [5.74, 6) is 5.22. The number of rotatable bonds is 3. The molecule has 102 valence electrons. The van der Waals surface area contributed by atoms with Crippen LogP contribution in [0.2, 0.25) is 0 Å². The summed E-state index contributed by atoms with van der Waals surface area (Å²) in [6.07, 6.45) is 0.694. The van der Waals surface area contributed by atoms with Gasteiger partial charge in [-0.3, -0.25) is 0 Å². The summed E-state index contributed by atoms with van der Waals surface area (Å²) in [5.41, 5.74) is 0.664.